The van der Waals surface area contributed by atoms with Gasteiger partial charge >= 0.3 is 59.1 Å². The Morgan fingerprint density at radius 1 is 0.321 bits per heavy atom. The molecule has 26 nitrogen and oxygen atoms in total. The number of benzene rings is 10. The molecule has 0 aliphatic heterocycles. The smallest absolute Gasteiger partial charge is 0.871 e. The topological polar surface area (TPSA) is 455 Å². The van der Waals surface area contributed by atoms with Crippen LogP contribution in [0.4, 0.5) is 56.9 Å². The van der Waals surface area contributed by atoms with E-state index in [2.05, 4.69) is 40.9 Å². The molecule has 0 aromatic heterocycles. The number of hydrogen-bond acceptors (Lipinski definition) is 22. The van der Waals surface area contributed by atoms with Gasteiger partial charge in [-0.25, -0.2) is 0 Å². The van der Waals surface area contributed by atoms with E-state index in [4.69, 9.17) is 11.5 Å². The number of nitrogens with zero attached hydrogens (tertiary/aromatic N) is 8. The predicted molar refractivity (Wildman–Crippen MR) is 296 cm³/mol. The average Bonchev–Trinajstić information content (AvgIpc) is 2.78. The number of fused-ring (bicyclic) bond motifs is 4. The molecule has 10 rings (SSSR count). The Balaban J connectivity index is 0.000000235. The van der Waals surface area contributed by atoms with Crippen molar-refractivity contribution in [3.05, 3.63) is 158 Å². The number of anilines is 2. The summed E-state index contributed by atoms with van der Waals surface area (Å²) in [5.74, 6) is -2.86. The first-order valence-electron chi connectivity index (χ1n) is 23.0. The maximum absolute atomic E-state index is 13.1. The van der Waals surface area contributed by atoms with E-state index in [1.165, 1.54) is 72.8 Å². The molecule has 0 saturated carbocycles. The molecule has 10 N–H and O–H groups in total. The Kier molecular flexibility index (Phi) is 19.0. The van der Waals surface area contributed by atoms with Crippen LogP contribution in [-0.2, 0) is 40.5 Å². The number of phenols is 2. The summed E-state index contributed by atoms with van der Waals surface area (Å²) >= 11 is 0. The minimum absolute atomic E-state index is 0. The Hall–Kier alpha value is -7.92. The van der Waals surface area contributed by atoms with Gasteiger partial charge in [-0.3, -0.25) is 18.2 Å². The molecule has 84 heavy (non-hydrogen) atoms. The van der Waals surface area contributed by atoms with Crippen LogP contribution in [0.5, 0.6) is 23.0 Å². The second-order valence-electron chi connectivity index (χ2n) is 17.4. The van der Waals surface area contributed by atoms with Crippen LogP contribution >= 0.6 is 0 Å². The number of phenolic OH excluding ortho intramolecular Hbond substituents is 2. The summed E-state index contributed by atoms with van der Waals surface area (Å²) in [7, 11) is -19.6. The maximum Gasteiger partial charge on any atom is 1.00 e. The summed E-state index contributed by atoms with van der Waals surface area (Å²) in [6.07, 6.45) is 0. The Morgan fingerprint density at radius 2 is 0.595 bits per heavy atom. The third kappa shape index (κ3) is 14.0. The molecule has 10 aromatic carbocycles. The predicted octanol–water partition coefficient (Wildman–Crippen LogP) is 5.37. The monoisotopic (exact) mass is 1230 g/mol. The standard InChI is InChI=1S/2C26H19N5O8S2.2Na/c2*27-16-6-8-19-14(10-16)12-21(40(34,35)36)24(25(19)32)31-29-18-7-9-20-15(11-18)13-22(41(37,38)39)23(26(20)33)30-28-17-4-2-1-3-5-17;;/h2*1-13,32-33H,27H2,(H,34,35,36)(H,37,38,39);;/q;;2*+1/p-2. The summed E-state index contributed by atoms with van der Waals surface area (Å²) in [5, 5.41) is 79.4. The van der Waals surface area contributed by atoms with Gasteiger partial charge in [-0.1, -0.05) is 60.0 Å². The largest absolute Gasteiger partial charge is 1.00 e. The normalized spacial score (nSPS) is 12.3. The van der Waals surface area contributed by atoms with Crippen LogP contribution in [0.1, 0.15) is 0 Å². The summed E-state index contributed by atoms with van der Waals surface area (Å²) in [4.78, 5) is -3.05. The zero-order valence-corrected chi connectivity index (χ0v) is 50.4. The van der Waals surface area contributed by atoms with Crippen LogP contribution in [0, 0.1) is 0 Å². The van der Waals surface area contributed by atoms with E-state index in [0.717, 1.165) is 24.3 Å². The minimum atomic E-state index is -4.92. The maximum atomic E-state index is 13.1. The van der Waals surface area contributed by atoms with Crippen LogP contribution in [0.15, 0.2) is 218 Å². The molecule has 0 heterocycles. The van der Waals surface area contributed by atoms with E-state index in [1.807, 2.05) is 0 Å². The van der Waals surface area contributed by atoms with Crippen molar-refractivity contribution in [1.82, 2.24) is 0 Å². The SMILES string of the molecule is Nc1ccc2c(O)c(N=Nc3ccc4c(O)c(N=Nc5ccccc5)c(S(=O)(=O)O)cc4c3)c(S(=O)(=O)O)cc2c1.Nc1ccc2c([O-])c(N=Nc3ccc4c([O-])c(N=Nc5ccccc5)c(S(=O)(=O)O)cc4c3)c(S(=O)(=O)O)cc2c1.[Na+].[Na+]. The van der Waals surface area contributed by atoms with Gasteiger partial charge in [-0.2, -0.15) is 54.1 Å². The third-order valence-corrected chi connectivity index (χ3v) is 15.3. The fourth-order valence-corrected chi connectivity index (χ4v) is 10.7. The van der Waals surface area contributed by atoms with Crippen molar-refractivity contribution >= 4 is 140 Å². The molecule has 0 bridgehead atoms. The van der Waals surface area contributed by atoms with Gasteiger partial charge in [0.2, 0.25) is 0 Å². The van der Waals surface area contributed by atoms with Gasteiger partial charge in [-0.15, -0.1) is 20.5 Å². The number of nitrogens with two attached hydrogens (primary N) is 2. The second kappa shape index (κ2) is 25.1. The van der Waals surface area contributed by atoms with Crippen molar-refractivity contribution < 1.29 is 131 Å². The van der Waals surface area contributed by atoms with Gasteiger partial charge < -0.3 is 31.9 Å². The molecule has 0 radical (unpaired) electrons. The quantitative estimate of drug-likeness (QED) is 0.0330. The van der Waals surface area contributed by atoms with Crippen molar-refractivity contribution in [1.29, 1.82) is 0 Å². The molecule has 32 heteroatoms. The molecular formula is C52H36N10Na2O16S4. The molecule has 416 valence electrons. The molecule has 0 fully saturated rings. The van der Waals surface area contributed by atoms with Gasteiger partial charge in [-0.05, 0) is 142 Å². The van der Waals surface area contributed by atoms with Gasteiger partial charge in [0.05, 0.1) is 34.1 Å². The van der Waals surface area contributed by atoms with Gasteiger partial charge in [0, 0.05) is 22.1 Å². The molecule has 0 atom stereocenters. The molecule has 0 spiro atoms. The Morgan fingerprint density at radius 3 is 0.964 bits per heavy atom. The second-order valence-corrected chi connectivity index (χ2v) is 23.0. The van der Waals surface area contributed by atoms with Crippen molar-refractivity contribution in [3.8, 4) is 23.0 Å². The number of aromatic hydroxyl groups is 2. The average molecular weight is 1230 g/mol. The van der Waals surface area contributed by atoms with Gasteiger partial charge in [0.1, 0.15) is 31.0 Å². The molecular weight excluding hydrogens is 1190 g/mol. The van der Waals surface area contributed by atoms with E-state index in [1.54, 1.807) is 60.7 Å². The molecule has 0 unspecified atom stereocenters. The van der Waals surface area contributed by atoms with E-state index in [-0.39, 0.29) is 119 Å². The van der Waals surface area contributed by atoms with E-state index in [0.29, 0.717) is 17.1 Å². The number of hydrogen-bond donors (Lipinski definition) is 8. The Bertz CT molecular complexity index is 4590. The molecule has 0 amide bonds. The molecule has 10 aromatic rings. The van der Waals surface area contributed by atoms with Gasteiger partial charge in [0.15, 0.2) is 11.5 Å². The summed E-state index contributed by atoms with van der Waals surface area (Å²) in [6, 6.07) is 37.0. The van der Waals surface area contributed by atoms with E-state index in [9.17, 15) is 72.3 Å². The fraction of sp³-hybridized carbons (Fsp3) is 0. The number of nitrogen functional groups attached to an aromatic ring is 2. The van der Waals surface area contributed by atoms with E-state index < -0.39 is 106 Å². The minimum Gasteiger partial charge on any atom is -0.871 e. The summed E-state index contributed by atoms with van der Waals surface area (Å²) < 4.78 is 136. The zero-order chi connectivity index (χ0) is 59.1. The summed E-state index contributed by atoms with van der Waals surface area (Å²) in [6.45, 7) is 0. The van der Waals surface area contributed by atoms with Crippen LogP contribution in [0.2, 0.25) is 0 Å². The van der Waals surface area contributed by atoms with Crippen molar-refractivity contribution in [2.75, 3.05) is 11.5 Å². The zero-order valence-electron chi connectivity index (χ0n) is 43.1. The molecule has 0 aliphatic rings. The third-order valence-electron chi connectivity index (χ3n) is 11.9. The first kappa shape index (κ1) is 63.7. The summed E-state index contributed by atoms with van der Waals surface area (Å²) in [5.41, 5.74) is 10.4. The van der Waals surface area contributed by atoms with Crippen LogP contribution in [-0.4, -0.2) is 62.1 Å². The van der Waals surface area contributed by atoms with Gasteiger partial charge in [0.25, 0.3) is 40.5 Å². The first-order chi connectivity index (χ1) is 38.6. The van der Waals surface area contributed by atoms with Crippen LogP contribution in [0.3, 0.4) is 0 Å². The molecule has 0 saturated heterocycles. The number of rotatable bonds is 12. The first-order valence-corrected chi connectivity index (χ1v) is 28.7. The van der Waals surface area contributed by atoms with Crippen LogP contribution < -0.4 is 80.8 Å². The van der Waals surface area contributed by atoms with Crippen LogP contribution in [0.25, 0.3) is 43.1 Å². The fourth-order valence-electron chi connectivity index (χ4n) is 8.10. The Labute approximate surface area is 519 Å². The molecule has 0 aliphatic carbocycles. The van der Waals surface area contributed by atoms with Crippen molar-refractivity contribution in [2.45, 2.75) is 19.6 Å². The number of azo groups is 4. The van der Waals surface area contributed by atoms with Crippen molar-refractivity contribution in [2.24, 2.45) is 40.9 Å². The van der Waals surface area contributed by atoms with E-state index >= 15 is 0 Å². The van der Waals surface area contributed by atoms with Crippen molar-refractivity contribution in [3.63, 3.8) is 0 Å².